The van der Waals surface area contributed by atoms with Crippen LogP contribution in [0.15, 0.2) is 0 Å². The van der Waals surface area contributed by atoms with E-state index in [0.717, 1.165) is 25.7 Å². The Hall–Kier alpha value is -1.70. The molecule has 5 heteroatoms. The first-order valence-corrected chi connectivity index (χ1v) is 7.64. The molecule has 1 unspecified atom stereocenters. The molecular weight excluding hydrogens is 270 g/mol. The second-order valence-electron chi connectivity index (χ2n) is 5.74. The van der Waals surface area contributed by atoms with Crippen molar-refractivity contribution in [1.29, 1.82) is 0 Å². The van der Waals surface area contributed by atoms with Gasteiger partial charge in [0.1, 0.15) is 6.10 Å². The molecule has 0 aromatic carbocycles. The number of terminal acetylenes is 1. The van der Waals surface area contributed by atoms with Crippen molar-refractivity contribution >= 4 is 12.1 Å². The summed E-state index contributed by atoms with van der Waals surface area (Å²) in [4.78, 5) is 25.4. The van der Waals surface area contributed by atoms with Gasteiger partial charge >= 0.3 is 12.1 Å². The lowest BCUT2D eigenvalue weighted by molar-refractivity contribution is -0.154. The number of rotatable bonds is 3. The Morgan fingerprint density at radius 2 is 2.14 bits per heavy atom. The van der Waals surface area contributed by atoms with Crippen LogP contribution in [0, 0.1) is 18.3 Å². The van der Waals surface area contributed by atoms with Crippen molar-refractivity contribution < 1.29 is 19.1 Å². The molecule has 4 atom stereocenters. The molecule has 0 radical (unpaired) electrons. The van der Waals surface area contributed by atoms with Gasteiger partial charge in [0, 0.05) is 18.4 Å². The Balaban J connectivity index is 2.11. The highest BCUT2D eigenvalue weighted by Crippen LogP contribution is 2.41. The van der Waals surface area contributed by atoms with E-state index in [4.69, 9.17) is 15.9 Å². The standard InChI is InChI=1S/C16H23NO4/c1-4-7-15(18)21-14-9-6-8-13-12(14)10-11(5-2)17(13)16(19)20-3/h2,11-14H,4,6-10H2,1,3H3/t11?,12-,13-,14+/m1/s1. The maximum Gasteiger partial charge on any atom is 0.410 e. The summed E-state index contributed by atoms with van der Waals surface area (Å²) < 4.78 is 10.5. The number of nitrogens with zero attached hydrogens (tertiary/aromatic N) is 1. The van der Waals surface area contributed by atoms with Crippen LogP contribution in [0.5, 0.6) is 0 Å². The Kier molecular flexibility index (Phi) is 5.11. The van der Waals surface area contributed by atoms with Gasteiger partial charge in [-0.1, -0.05) is 12.8 Å². The Morgan fingerprint density at radius 3 is 2.76 bits per heavy atom. The molecule has 21 heavy (non-hydrogen) atoms. The summed E-state index contributed by atoms with van der Waals surface area (Å²) in [6, 6.07) is -0.246. The SMILES string of the molecule is C#CC1C[C@H]2[C@@H](OC(=O)CCC)CCC[C@H]2N1C(=O)OC. The fourth-order valence-corrected chi connectivity index (χ4v) is 3.56. The summed E-state index contributed by atoms with van der Waals surface area (Å²) in [6.07, 6.45) is 9.61. The van der Waals surface area contributed by atoms with E-state index < -0.39 is 0 Å². The molecule has 0 aromatic heterocycles. The molecule has 1 saturated carbocycles. The minimum Gasteiger partial charge on any atom is -0.462 e. The Bertz CT molecular complexity index is 442. The number of esters is 1. The molecule has 116 valence electrons. The molecule has 2 fully saturated rings. The monoisotopic (exact) mass is 293 g/mol. The molecule has 1 amide bonds. The summed E-state index contributed by atoms with van der Waals surface area (Å²) in [5, 5.41) is 0. The Morgan fingerprint density at radius 1 is 1.38 bits per heavy atom. The lowest BCUT2D eigenvalue weighted by Crippen LogP contribution is -2.46. The van der Waals surface area contributed by atoms with Gasteiger partial charge in [-0.2, -0.15) is 0 Å². The molecule has 0 N–H and O–H groups in total. The number of amides is 1. The van der Waals surface area contributed by atoms with Crippen LogP contribution in [0.25, 0.3) is 0 Å². The largest absolute Gasteiger partial charge is 0.462 e. The summed E-state index contributed by atoms with van der Waals surface area (Å²) >= 11 is 0. The predicted octanol–water partition coefficient (Wildman–Crippen LogP) is 2.34. The maximum atomic E-state index is 12.0. The van der Waals surface area contributed by atoms with Gasteiger partial charge in [-0.15, -0.1) is 6.42 Å². The van der Waals surface area contributed by atoms with Gasteiger partial charge in [0.2, 0.25) is 0 Å². The van der Waals surface area contributed by atoms with Gasteiger partial charge in [0.05, 0.1) is 13.2 Å². The second-order valence-corrected chi connectivity index (χ2v) is 5.74. The third kappa shape index (κ3) is 3.15. The smallest absolute Gasteiger partial charge is 0.410 e. The van der Waals surface area contributed by atoms with Crippen LogP contribution in [-0.2, 0) is 14.3 Å². The van der Waals surface area contributed by atoms with Crippen LogP contribution in [0.2, 0.25) is 0 Å². The summed E-state index contributed by atoms with van der Waals surface area (Å²) in [5.41, 5.74) is 0. The third-order valence-corrected chi connectivity index (χ3v) is 4.46. The number of carbonyl (C=O) groups is 2. The highest BCUT2D eigenvalue weighted by molar-refractivity contribution is 5.70. The third-order valence-electron chi connectivity index (χ3n) is 4.46. The van der Waals surface area contributed by atoms with E-state index in [1.807, 2.05) is 6.92 Å². The number of fused-ring (bicyclic) bond motifs is 1. The number of hydrogen-bond donors (Lipinski definition) is 0. The molecular formula is C16H23NO4. The molecule has 2 aliphatic rings. The van der Waals surface area contributed by atoms with Crippen LogP contribution in [0.3, 0.4) is 0 Å². The van der Waals surface area contributed by atoms with Crippen LogP contribution >= 0.6 is 0 Å². The number of carbonyl (C=O) groups excluding carboxylic acids is 2. The van der Waals surface area contributed by atoms with Crippen molar-refractivity contribution in [3.63, 3.8) is 0 Å². The van der Waals surface area contributed by atoms with Crippen molar-refractivity contribution in [3.05, 3.63) is 0 Å². The number of methoxy groups -OCH3 is 1. The zero-order chi connectivity index (χ0) is 15.4. The average molecular weight is 293 g/mol. The quantitative estimate of drug-likeness (QED) is 0.592. The average Bonchev–Trinajstić information content (AvgIpc) is 2.86. The molecule has 1 heterocycles. The van der Waals surface area contributed by atoms with E-state index in [1.165, 1.54) is 7.11 Å². The highest BCUT2D eigenvalue weighted by atomic mass is 16.5. The molecule has 2 rings (SSSR count). The first-order chi connectivity index (χ1) is 10.1. The van der Waals surface area contributed by atoms with Crippen LogP contribution < -0.4 is 0 Å². The van der Waals surface area contributed by atoms with Crippen molar-refractivity contribution in [2.75, 3.05) is 7.11 Å². The summed E-state index contributed by atoms with van der Waals surface area (Å²) in [7, 11) is 1.37. The van der Waals surface area contributed by atoms with E-state index >= 15 is 0 Å². The first-order valence-electron chi connectivity index (χ1n) is 7.64. The van der Waals surface area contributed by atoms with E-state index in [0.29, 0.717) is 12.8 Å². The summed E-state index contributed by atoms with van der Waals surface area (Å²) in [5.74, 6) is 2.64. The van der Waals surface area contributed by atoms with E-state index in [-0.39, 0.29) is 36.2 Å². The van der Waals surface area contributed by atoms with Gasteiger partial charge < -0.3 is 9.47 Å². The fourth-order valence-electron chi connectivity index (χ4n) is 3.56. The molecule has 1 saturated heterocycles. The second kappa shape index (κ2) is 6.84. The van der Waals surface area contributed by atoms with Gasteiger partial charge in [0.25, 0.3) is 0 Å². The van der Waals surface area contributed by atoms with Crippen LogP contribution in [-0.4, -0.2) is 42.3 Å². The molecule has 0 bridgehead atoms. The highest BCUT2D eigenvalue weighted by Gasteiger charge is 2.49. The van der Waals surface area contributed by atoms with Gasteiger partial charge in [-0.3, -0.25) is 9.69 Å². The zero-order valence-electron chi connectivity index (χ0n) is 12.7. The van der Waals surface area contributed by atoms with Gasteiger partial charge in [-0.25, -0.2) is 4.79 Å². The normalized spacial score (nSPS) is 31.2. The van der Waals surface area contributed by atoms with E-state index in [9.17, 15) is 9.59 Å². The number of ether oxygens (including phenoxy) is 2. The topological polar surface area (TPSA) is 55.8 Å². The van der Waals surface area contributed by atoms with Crippen molar-refractivity contribution in [2.24, 2.45) is 5.92 Å². The lowest BCUT2D eigenvalue weighted by atomic mass is 9.82. The molecule has 1 aliphatic carbocycles. The first kappa shape index (κ1) is 15.7. The molecule has 5 nitrogen and oxygen atoms in total. The fraction of sp³-hybridized carbons (Fsp3) is 0.750. The minimum atomic E-state index is -0.383. The van der Waals surface area contributed by atoms with Crippen molar-refractivity contribution in [3.8, 4) is 12.3 Å². The van der Waals surface area contributed by atoms with Crippen LogP contribution in [0.1, 0.15) is 45.4 Å². The van der Waals surface area contributed by atoms with E-state index in [1.54, 1.807) is 4.90 Å². The van der Waals surface area contributed by atoms with E-state index in [2.05, 4.69) is 5.92 Å². The van der Waals surface area contributed by atoms with Gasteiger partial charge in [-0.05, 0) is 32.1 Å². The van der Waals surface area contributed by atoms with Crippen molar-refractivity contribution in [1.82, 2.24) is 4.90 Å². The number of hydrogen-bond acceptors (Lipinski definition) is 4. The zero-order valence-corrected chi connectivity index (χ0v) is 12.7. The molecule has 0 aromatic rings. The predicted molar refractivity (Wildman–Crippen MR) is 77.4 cm³/mol. The maximum absolute atomic E-state index is 12.0. The van der Waals surface area contributed by atoms with Crippen molar-refractivity contribution in [2.45, 2.75) is 63.6 Å². The molecule has 0 spiro atoms. The van der Waals surface area contributed by atoms with Gasteiger partial charge in [0.15, 0.2) is 0 Å². The summed E-state index contributed by atoms with van der Waals surface area (Å²) in [6.45, 7) is 1.95. The Labute approximate surface area is 126 Å². The van der Waals surface area contributed by atoms with Crippen LogP contribution in [0.4, 0.5) is 4.79 Å². The lowest BCUT2D eigenvalue weighted by Gasteiger charge is -2.36. The number of likely N-dealkylation sites (tertiary alicyclic amines) is 1. The minimum absolute atomic E-state index is 0.0201. The molecule has 1 aliphatic heterocycles.